The van der Waals surface area contributed by atoms with Gasteiger partial charge in [-0.1, -0.05) is 39.8 Å². The van der Waals surface area contributed by atoms with Crippen LogP contribution < -0.4 is 30.0 Å². The molecule has 6 aromatic rings. The zero-order valence-corrected chi connectivity index (χ0v) is 65.2. The number of carbonyl (C=O) groups is 4. The van der Waals surface area contributed by atoms with Crippen LogP contribution in [-0.2, 0) is 49.1 Å². The number of hydrogen-bond donors (Lipinski definition) is 1. The maximum Gasteiger partial charge on any atom is 1.00 e. The Bertz CT molecular complexity index is 4390. The average Bonchev–Trinajstić information content (AvgIpc) is 1.21. The third-order valence-electron chi connectivity index (χ3n) is 20.8. The molecule has 4 atom stereocenters. The predicted octanol–water partition coefficient (Wildman–Crippen LogP) is 15.1. The summed E-state index contributed by atoms with van der Waals surface area (Å²) in [6.45, 7) is 23.2. The van der Waals surface area contributed by atoms with Crippen molar-refractivity contribution in [1.82, 2.24) is 18.9 Å². The summed E-state index contributed by atoms with van der Waals surface area (Å²) in [7, 11) is 0. The van der Waals surface area contributed by atoms with E-state index in [0.29, 0.717) is 35.6 Å². The Kier molecular flexibility index (Phi) is 32.4. The number of esters is 1. The van der Waals surface area contributed by atoms with Crippen molar-refractivity contribution >= 4 is 50.5 Å². The Balaban J connectivity index is 0.000000374. The molecular weight excluding hydrogens is 1460 g/mol. The van der Waals surface area contributed by atoms with E-state index >= 15 is 26.3 Å². The van der Waals surface area contributed by atoms with Gasteiger partial charge in [-0.25, -0.2) is 26.3 Å². The molecule has 2 N–H and O–H groups in total. The number of pyridine rings is 2. The number of carbonyl (C=O) groups excluding carboxylic acids is 3. The Labute approximate surface area is 648 Å². The van der Waals surface area contributed by atoms with Crippen LogP contribution in [0.25, 0.3) is 22.3 Å². The number of aliphatic carboxylic acids is 1. The Morgan fingerprint density at radius 1 is 0.519 bits per heavy atom. The number of Topliss-reactive ketones (excluding diaryl/α,β-unsaturated/α-hetero) is 2. The molecule has 2 aliphatic heterocycles. The van der Waals surface area contributed by atoms with E-state index in [1.807, 2.05) is 13.8 Å². The molecule has 2 saturated carbocycles. The van der Waals surface area contributed by atoms with Crippen molar-refractivity contribution in [3.8, 4) is 22.3 Å². The van der Waals surface area contributed by atoms with E-state index in [2.05, 4.69) is 9.80 Å². The van der Waals surface area contributed by atoms with Crippen LogP contribution in [0.2, 0.25) is 0 Å². The van der Waals surface area contributed by atoms with Crippen molar-refractivity contribution in [2.75, 3.05) is 45.9 Å². The second kappa shape index (κ2) is 38.1. The van der Waals surface area contributed by atoms with E-state index in [4.69, 9.17) is 4.74 Å². The van der Waals surface area contributed by atoms with Crippen molar-refractivity contribution in [2.45, 2.75) is 214 Å². The third-order valence-corrected chi connectivity index (χ3v) is 20.8. The number of nitrogens with zero attached hydrogens (tertiary/aromatic N) is 4. The molecule has 108 heavy (non-hydrogen) atoms. The maximum atomic E-state index is 16.9. The van der Waals surface area contributed by atoms with Crippen molar-refractivity contribution in [3.05, 3.63) is 182 Å². The number of carboxylic acid groups (broad SMARTS) is 1. The monoisotopic (exact) mass is 1560 g/mol. The summed E-state index contributed by atoms with van der Waals surface area (Å²) in [4.78, 5) is 84.8. The Hall–Kier alpha value is -6.60. The number of alkyl halides is 6. The molecule has 2 aromatic heterocycles. The van der Waals surface area contributed by atoms with Crippen LogP contribution in [0, 0.1) is 88.3 Å². The van der Waals surface area contributed by atoms with Gasteiger partial charge in [0.05, 0.1) is 42.7 Å². The average molecular weight is 1560 g/mol. The van der Waals surface area contributed by atoms with Crippen LogP contribution in [0.1, 0.15) is 225 Å². The standard InChI is InChI=1S/C41H48F6N2O4.C39H44F6N2O4.Li.H2O.2H2S/c1-7-53-35(52)19-28(18-33(50)32(15-22(2)3)49-21-27(23(4)17-34(49)51)11-14-48-12-8-13-48)37-39(43)30(20-31(40(37)44)41(45,46)47)36-24(5)16-29(26-9-10-26)38(42)25(36)6;1-20(2)13-30(47-19-25(21(3)15-32(47)49)9-12-46-10-6-11-46)31(48)16-26(17-33(50)51)35-37(41)28(18-29(38(35)42)39(43,44)45)34-22(4)14-27(24-7-8-24)36(40)23(34)5;;;;/h16-17,20-22,26,28,32H,7-15,18-19H2,1-6H3;14-15,18-20,24,26,30H,6-13,16-17H2,1-5H3,(H,50,51);;3*1H2/q;;+1;;;/p-1/t28-,32?;26-,30?;;;;/m00..../s1. The Morgan fingerprint density at radius 3 is 1.17 bits per heavy atom. The Morgan fingerprint density at radius 2 is 0.870 bits per heavy atom. The van der Waals surface area contributed by atoms with Crippen molar-refractivity contribution in [1.29, 1.82) is 0 Å². The first kappa shape index (κ1) is 92.0. The number of benzene rings is 4. The van der Waals surface area contributed by atoms with E-state index in [1.54, 1.807) is 40.1 Å². The number of hydrogen-bond acceptors (Lipinski definition) is 10. The van der Waals surface area contributed by atoms with Gasteiger partial charge in [0.2, 0.25) is 0 Å². The zero-order valence-electron chi connectivity index (χ0n) is 63.2. The molecule has 588 valence electrons. The fourth-order valence-electron chi connectivity index (χ4n) is 14.8. The topological polar surface area (TPSA) is 178 Å². The molecule has 4 aromatic carbocycles. The summed E-state index contributed by atoms with van der Waals surface area (Å²) < 4.78 is 191. The predicted molar refractivity (Wildman–Crippen MR) is 395 cm³/mol. The van der Waals surface area contributed by atoms with Gasteiger partial charge in [0, 0.05) is 84.5 Å². The van der Waals surface area contributed by atoms with Gasteiger partial charge in [-0.05, 0) is 241 Å². The number of aromatic nitrogens is 2. The number of ketones is 2. The molecule has 0 radical (unpaired) electrons. The molecule has 2 aliphatic carbocycles. The van der Waals surface area contributed by atoms with Crippen LogP contribution in [-0.4, -0.2) is 98.9 Å². The van der Waals surface area contributed by atoms with E-state index in [1.165, 1.54) is 68.0 Å². The minimum Gasteiger partial charge on any atom is -0.870 e. The van der Waals surface area contributed by atoms with E-state index in [9.17, 15) is 60.2 Å². The molecule has 4 fully saturated rings. The number of carboxylic acids is 1. The second-order valence-corrected chi connectivity index (χ2v) is 29.7. The van der Waals surface area contributed by atoms with Gasteiger partial charge in [-0.15, -0.1) is 0 Å². The third kappa shape index (κ3) is 21.3. The van der Waals surface area contributed by atoms with Gasteiger partial charge >= 0.3 is 43.2 Å². The fourth-order valence-corrected chi connectivity index (χ4v) is 14.8. The largest absolute Gasteiger partial charge is 1.00 e. The molecule has 2 unspecified atom stereocenters. The molecular formula is C80H97F12LiN4O9S2. The van der Waals surface area contributed by atoms with Crippen LogP contribution in [0.4, 0.5) is 52.7 Å². The minimum absolute atomic E-state index is 0. The van der Waals surface area contributed by atoms with Crippen LogP contribution in [0.15, 0.2) is 58.4 Å². The molecule has 28 heteroatoms. The first-order valence-electron chi connectivity index (χ1n) is 35.9. The molecule has 2 saturated heterocycles. The molecule has 10 rings (SSSR count). The molecule has 0 amide bonds. The van der Waals surface area contributed by atoms with E-state index in [0.717, 1.165) is 100 Å². The van der Waals surface area contributed by atoms with Crippen LogP contribution in [0.3, 0.4) is 0 Å². The summed E-state index contributed by atoms with van der Waals surface area (Å²) in [5.74, 6) is -16.3. The zero-order chi connectivity index (χ0) is 76.5. The molecule has 0 spiro atoms. The number of ether oxygens (including phenoxy) is 1. The van der Waals surface area contributed by atoms with Crippen molar-refractivity contribution < 1.29 is 106 Å². The summed E-state index contributed by atoms with van der Waals surface area (Å²) >= 11 is 0. The number of rotatable bonds is 29. The smallest absolute Gasteiger partial charge is 0.870 e. The minimum atomic E-state index is -5.34. The first-order chi connectivity index (χ1) is 48.8. The molecule has 0 bridgehead atoms. The summed E-state index contributed by atoms with van der Waals surface area (Å²) in [5.41, 5.74) is -4.51. The van der Waals surface area contributed by atoms with Crippen molar-refractivity contribution in [2.24, 2.45) is 11.8 Å². The van der Waals surface area contributed by atoms with Gasteiger partial charge in [-0.3, -0.25) is 28.8 Å². The van der Waals surface area contributed by atoms with Gasteiger partial charge in [0.25, 0.3) is 11.1 Å². The van der Waals surface area contributed by atoms with Crippen LogP contribution >= 0.6 is 27.0 Å². The van der Waals surface area contributed by atoms with Gasteiger partial charge in [-0.2, -0.15) is 53.3 Å². The van der Waals surface area contributed by atoms with Gasteiger partial charge < -0.3 is 34.3 Å². The number of likely N-dealkylation sites (tertiary alicyclic amines) is 2. The summed E-state index contributed by atoms with van der Waals surface area (Å²) in [6.07, 6.45) is -4.35. The normalized spacial score (nSPS) is 15.6. The number of halogens is 12. The quantitative estimate of drug-likeness (QED) is 0.0268. The number of aryl methyl sites for hydroxylation is 4. The van der Waals surface area contributed by atoms with Crippen LogP contribution in [0.5, 0.6) is 0 Å². The molecule has 4 aliphatic rings. The fraction of sp³-hybridized carbons (Fsp3) is 0.525. The second-order valence-electron chi connectivity index (χ2n) is 29.7. The van der Waals surface area contributed by atoms with Crippen molar-refractivity contribution in [3.63, 3.8) is 0 Å². The maximum absolute atomic E-state index is 16.9. The van der Waals surface area contributed by atoms with Gasteiger partial charge in [0.1, 0.15) is 34.9 Å². The summed E-state index contributed by atoms with van der Waals surface area (Å²) in [5, 5.41) is 9.82. The molecule has 13 nitrogen and oxygen atoms in total. The van der Waals surface area contributed by atoms with E-state index < -0.39 is 165 Å². The first-order valence-corrected chi connectivity index (χ1v) is 35.9. The summed E-state index contributed by atoms with van der Waals surface area (Å²) in [6, 6.07) is 4.07. The van der Waals surface area contributed by atoms with Gasteiger partial charge in [0.15, 0.2) is 11.6 Å². The van der Waals surface area contributed by atoms with E-state index in [-0.39, 0.29) is 128 Å². The molecule has 4 heterocycles. The SMILES string of the molecule is CCOC(=O)C[C@H](CC(=O)C(CC(C)C)n1cc(CCN2CCC2)c(C)cc1=O)c1c(F)c(-c2c(C)cc(C3CC3)c(F)c2C)cc(C(F)(F)F)c1F.Cc1cc(=O)n(C(CC(C)C)C(=O)C[C@@H](CC(=O)O)c2c(F)c(-c3c(C)cc(C4CC4)c(F)c3C)cc(C(F)(F)F)c2F)cc1CCN1CCC1.S.S.[Li+].[OH-].